The molecule has 0 spiro atoms. The van der Waals surface area contributed by atoms with Crippen molar-refractivity contribution < 1.29 is 14.7 Å². The number of carboxylic acid groups (broad SMARTS) is 1. The van der Waals surface area contributed by atoms with Crippen molar-refractivity contribution >= 4 is 23.6 Å². The molecule has 4 nitrogen and oxygen atoms in total. The average Bonchev–Trinajstić information content (AvgIpc) is 3.07. The largest absolute Gasteiger partial charge is 0.478 e. The molecule has 1 aliphatic carbocycles. The van der Waals surface area contributed by atoms with Crippen LogP contribution in [-0.2, 0) is 9.59 Å². The van der Waals surface area contributed by atoms with E-state index in [1.807, 2.05) is 19.1 Å². The predicted octanol–water partition coefficient (Wildman–Crippen LogP) is 2.69. The summed E-state index contributed by atoms with van der Waals surface area (Å²) in [6.45, 7) is 3.97. The number of carboxylic acids is 1. The van der Waals surface area contributed by atoms with Crippen LogP contribution in [0.4, 0.5) is 5.69 Å². The van der Waals surface area contributed by atoms with Gasteiger partial charge in [-0.05, 0) is 42.5 Å². The number of rotatable bonds is 4. The van der Waals surface area contributed by atoms with Crippen molar-refractivity contribution in [3.8, 4) is 0 Å². The minimum absolute atomic E-state index is 0.0509. The van der Waals surface area contributed by atoms with Crippen LogP contribution in [0.2, 0.25) is 0 Å². The molecule has 19 heavy (non-hydrogen) atoms. The number of nitrogens with one attached hydrogen (secondary N) is 1. The minimum atomic E-state index is -0.988. The monoisotopic (exact) mass is 259 g/mol. The first-order valence-corrected chi connectivity index (χ1v) is 6.30. The van der Waals surface area contributed by atoms with Gasteiger partial charge < -0.3 is 10.4 Å². The van der Waals surface area contributed by atoms with Gasteiger partial charge >= 0.3 is 5.97 Å². The molecule has 2 rings (SSSR count). The van der Waals surface area contributed by atoms with Crippen molar-refractivity contribution in [1.82, 2.24) is 0 Å². The molecule has 0 saturated heterocycles. The number of amides is 1. The van der Waals surface area contributed by atoms with Crippen molar-refractivity contribution in [3.05, 3.63) is 35.4 Å². The van der Waals surface area contributed by atoms with Crippen LogP contribution in [0.15, 0.2) is 24.3 Å². The van der Waals surface area contributed by atoms with Gasteiger partial charge in [-0.1, -0.05) is 19.1 Å². The third-order valence-electron chi connectivity index (χ3n) is 3.38. The molecule has 1 saturated carbocycles. The summed E-state index contributed by atoms with van der Waals surface area (Å²) >= 11 is 0. The molecule has 0 bridgehead atoms. The van der Waals surface area contributed by atoms with Crippen molar-refractivity contribution in [2.45, 2.75) is 20.3 Å². The standard InChI is InChI=1S/C15H17NO3/c1-9-3-4-11(5-6-14(17)18)8-13(9)16-15(19)12-7-10(12)2/h3-6,8,10,12H,7H2,1-2H3,(H,16,19)(H,17,18). The zero-order valence-corrected chi connectivity index (χ0v) is 11.0. The molecule has 0 aliphatic heterocycles. The quantitative estimate of drug-likeness (QED) is 0.817. The summed E-state index contributed by atoms with van der Waals surface area (Å²) in [6.07, 6.45) is 3.54. The van der Waals surface area contributed by atoms with Gasteiger partial charge in [0, 0.05) is 17.7 Å². The van der Waals surface area contributed by atoms with E-state index in [0.717, 1.165) is 29.3 Å². The van der Waals surface area contributed by atoms with Crippen LogP contribution in [0.3, 0.4) is 0 Å². The Bertz CT molecular complexity index is 548. The smallest absolute Gasteiger partial charge is 0.328 e. The van der Waals surface area contributed by atoms with Crippen LogP contribution in [0.5, 0.6) is 0 Å². The molecule has 2 atom stereocenters. The lowest BCUT2D eigenvalue weighted by atomic mass is 10.1. The van der Waals surface area contributed by atoms with Gasteiger partial charge in [0.25, 0.3) is 0 Å². The van der Waals surface area contributed by atoms with Gasteiger partial charge in [0.1, 0.15) is 0 Å². The number of hydrogen-bond acceptors (Lipinski definition) is 2. The van der Waals surface area contributed by atoms with Gasteiger partial charge in [-0.3, -0.25) is 4.79 Å². The summed E-state index contributed by atoms with van der Waals surface area (Å²) in [5, 5.41) is 11.5. The number of carbonyl (C=O) groups is 2. The fourth-order valence-corrected chi connectivity index (χ4v) is 1.96. The maximum Gasteiger partial charge on any atom is 0.328 e. The van der Waals surface area contributed by atoms with Crippen LogP contribution in [0.1, 0.15) is 24.5 Å². The number of anilines is 1. The van der Waals surface area contributed by atoms with E-state index in [2.05, 4.69) is 12.2 Å². The van der Waals surface area contributed by atoms with Crippen molar-refractivity contribution in [3.63, 3.8) is 0 Å². The van der Waals surface area contributed by atoms with Gasteiger partial charge in [-0.15, -0.1) is 0 Å². The average molecular weight is 259 g/mol. The highest BCUT2D eigenvalue weighted by atomic mass is 16.4. The van der Waals surface area contributed by atoms with Crippen molar-refractivity contribution in [2.75, 3.05) is 5.32 Å². The number of aliphatic carboxylic acids is 1. The fourth-order valence-electron chi connectivity index (χ4n) is 1.96. The molecule has 1 aromatic carbocycles. The highest BCUT2D eigenvalue weighted by Gasteiger charge is 2.39. The Morgan fingerprint density at radius 2 is 2.11 bits per heavy atom. The van der Waals surface area contributed by atoms with Crippen LogP contribution in [0, 0.1) is 18.8 Å². The molecule has 0 radical (unpaired) electrons. The van der Waals surface area contributed by atoms with E-state index in [0.29, 0.717) is 5.92 Å². The summed E-state index contributed by atoms with van der Waals surface area (Å²) < 4.78 is 0. The van der Waals surface area contributed by atoms with Crippen LogP contribution in [0.25, 0.3) is 6.08 Å². The normalized spacial score (nSPS) is 21.4. The van der Waals surface area contributed by atoms with E-state index in [4.69, 9.17) is 5.11 Å². The highest BCUT2D eigenvalue weighted by molar-refractivity contribution is 5.95. The summed E-state index contributed by atoms with van der Waals surface area (Å²) in [4.78, 5) is 22.4. The molecule has 0 heterocycles. The predicted molar refractivity (Wildman–Crippen MR) is 73.7 cm³/mol. The molecule has 1 fully saturated rings. The van der Waals surface area contributed by atoms with E-state index in [1.54, 1.807) is 6.07 Å². The van der Waals surface area contributed by atoms with Gasteiger partial charge in [0.05, 0.1) is 0 Å². The summed E-state index contributed by atoms with van der Waals surface area (Å²) in [6, 6.07) is 5.48. The molecule has 1 aromatic rings. The summed E-state index contributed by atoms with van der Waals surface area (Å²) in [7, 11) is 0. The van der Waals surface area contributed by atoms with E-state index in [-0.39, 0.29) is 11.8 Å². The lowest BCUT2D eigenvalue weighted by Crippen LogP contribution is -2.15. The first kappa shape index (κ1) is 13.3. The summed E-state index contributed by atoms with van der Waals surface area (Å²) in [5.41, 5.74) is 2.47. The maximum atomic E-state index is 11.9. The Kier molecular flexibility index (Phi) is 3.69. The zero-order valence-electron chi connectivity index (χ0n) is 11.0. The SMILES string of the molecule is Cc1ccc(C=CC(=O)O)cc1NC(=O)C1CC1C. The molecule has 0 aromatic heterocycles. The van der Waals surface area contributed by atoms with Crippen LogP contribution < -0.4 is 5.32 Å². The van der Waals surface area contributed by atoms with Crippen molar-refractivity contribution in [2.24, 2.45) is 11.8 Å². The number of hydrogen-bond donors (Lipinski definition) is 2. The Hall–Kier alpha value is -2.10. The van der Waals surface area contributed by atoms with E-state index < -0.39 is 5.97 Å². The van der Waals surface area contributed by atoms with E-state index in [9.17, 15) is 9.59 Å². The molecule has 1 amide bonds. The second-order valence-electron chi connectivity index (χ2n) is 5.05. The molecule has 4 heteroatoms. The molecule has 2 unspecified atom stereocenters. The Morgan fingerprint density at radius 3 is 2.68 bits per heavy atom. The van der Waals surface area contributed by atoms with Crippen LogP contribution in [-0.4, -0.2) is 17.0 Å². The Balaban J connectivity index is 2.13. The first-order valence-electron chi connectivity index (χ1n) is 6.30. The van der Waals surface area contributed by atoms with E-state index >= 15 is 0 Å². The maximum absolute atomic E-state index is 11.9. The fraction of sp³-hybridized carbons (Fsp3) is 0.333. The van der Waals surface area contributed by atoms with Crippen LogP contribution >= 0.6 is 0 Å². The number of benzene rings is 1. The third-order valence-corrected chi connectivity index (χ3v) is 3.38. The third kappa shape index (κ3) is 3.44. The molecular weight excluding hydrogens is 242 g/mol. The topological polar surface area (TPSA) is 66.4 Å². The number of carbonyl (C=O) groups excluding carboxylic acids is 1. The lowest BCUT2D eigenvalue weighted by molar-refractivity contribution is -0.131. The molecular formula is C15H17NO3. The van der Waals surface area contributed by atoms with Gasteiger partial charge in [0.2, 0.25) is 5.91 Å². The van der Waals surface area contributed by atoms with Gasteiger partial charge in [0.15, 0.2) is 0 Å². The van der Waals surface area contributed by atoms with Gasteiger partial charge in [-0.25, -0.2) is 4.79 Å². The minimum Gasteiger partial charge on any atom is -0.478 e. The molecule has 1 aliphatic rings. The second-order valence-corrected chi connectivity index (χ2v) is 5.05. The zero-order chi connectivity index (χ0) is 14.0. The Morgan fingerprint density at radius 1 is 1.42 bits per heavy atom. The second kappa shape index (κ2) is 5.26. The molecule has 2 N–H and O–H groups in total. The summed E-state index contributed by atoms with van der Waals surface area (Å²) in [5.74, 6) is -0.346. The molecule has 100 valence electrons. The first-order chi connectivity index (χ1) is 8.97. The van der Waals surface area contributed by atoms with E-state index in [1.165, 1.54) is 6.08 Å². The highest BCUT2D eigenvalue weighted by Crippen LogP contribution is 2.38. The lowest BCUT2D eigenvalue weighted by Gasteiger charge is -2.09. The van der Waals surface area contributed by atoms with Crippen molar-refractivity contribution in [1.29, 1.82) is 0 Å². The Labute approximate surface area is 112 Å². The van der Waals surface area contributed by atoms with Gasteiger partial charge in [-0.2, -0.15) is 0 Å². The number of aryl methyl sites for hydroxylation is 1.